The van der Waals surface area contributed by atoms with Crippen molar-refractivity contribution in [1.82, 2.24) is 21.3 Å². The van der Waals surface area contributed by atoms with Gasteiger partial charge in [-0.3, -0.25) is 9.98 Å². The van der Waals surface area contributed by atoms with Gasteiger partial charge in [0, 0.05) is 61.8 Å². The zero-order chi connectivity index (χ0) is 24.3. The average Bonchev–Trinajstić information content (AvgIpc) is 2.90. The number of amidine groups is 2. The van der Waals surface area contributed by atoms with Crippen LogP contribution in [0.4, 0.5) is 21.0 Å². The molecule has 10 nitrogen and oxygen atoms in total. The number of nitrogens with zero attached hydrogens (tertiary/aromatic N) is 2. The van der Waals surface area contributed by atoms with Crippen molar-refractivity contribution < 1.29 is 9.59 Å². The fourth-order valence-corrected chi connectivity index (χ4v) is 3.78. The Morgan fingerprint density at radius 2 is 1.19 bits per heavy atom. The van der Waals surface area contributed by atoms with Gasteiger partial charge in [-0.15, -0.1) is 24.8 Å². The lowest BCUT2D eigenvalue weighted by atomic mass is 10.1. The number of anilines is 2. The highest BCUT2D eigenvalue weighted by atomic mass is 35.5. The average molecular weight is 550 g/mol. The van der Waals surface area contributed by atoms with Crippen LogP contribution in [0, 0.1) is 0 Å². The van der Waals surface area contributed by atoms with Gasteiger partial charge >= 0.3 is 12.1 Å². The number of halogens is 2. The lowest BCUT2D eigenvalue weighted by Crippen LogP contribution is -2.34. The van der Waals surface area contributed by atoms with Gasteiger partial charge < -0.3 is 31.9 Å². The van der Waals surface area contributed by atoms with E-state index in [0.29, 0.717) is 30.9 Å². The Morgan fingerprint density at radius 1 is 0.730 bits per heavy atom. The molecule has 2 aliphatic rings. The number of benzene rings is 2. The third-order valence-corrected chi connectivity index (χ3v) is 5.51. The molecule has 12 heteroatoms. The Labute approximate surface area is 229 Å². The summed E-state index contributed by atoms with van der Waals surface area (Å²) in [6, 6.07) is 14.6. The van der Waals surface area contributed by atoms with E-state index in [0.717, 1.165) is 61.8 Å². The number of aliphatic imine (C=N–C) groups is 2. The number of urea groups is 2. The van der Waals surface area contributed by atoms with Crippen molar-refractivity contribution in [2.75, 3.05) is 49.9 Å². The highest BCUT2D eigenvalue weighted by molar-refractivity contribution is 6.01. The van der Waals surface area contributed by atoms with Crippen molar-refractivity contribution >= 4 is 59.9 Å². The zero-order valence-corrected chi connectivity index (χ0v) is 22.1. The van der Waals surface area contributed by atoms with Gasteiger partial charge in [0.2, 0.25) is 0 Å². The first kappa shape index (κ1) is 29.7. The number of hydrogen-bond donors (Lipinski definition) is 6. The highest BCUT2D eigenvalue weighted by Gasteiger charge is 2.10. The second kappa shape index (κ2) is 15.6. The molecule has 0 radical (unpaired) electrons. The summed E-state index contributed by atoms with van der Waals surface area (Å²) in [6.45, 7) is 4.30. The number of hydrogen-bond acceptors (Lipinski definition) is 6. The van der Waals surface area contributed by atoms with Gasteiger partial charge in [-0.05, 0) is 43.5 Å². The molecule has 4 rings (SSSR count). The number of nitrogens with one attached hydrogen (secondary N) is 6. The largest absolute Gasteiger partial charge is 0.370 e. The molecule has 6 N–H and O–H groups in total. The van der Waals surface area contributed by atoms with Crippen molar-refractivity contribution in [3.05, 3.63) is 59.7 Å². The van der Waals surface area contributed by atoms with Gasteiger partial charge in [0.05, 0.1) is 0 Å². The Balaban J connectivity index is 0.00000241. The summed E-state index contributed by atoms with van der Waals surface area (Å²) >= 11 is 0. The Hall–Kier alpha value is -3.50. The molecule has 2 aromatic carbocycles. The quantitative estimate of drug-likeness (QED) is 0.282. The molecule has 0 saturated heterocycles. The summed E-state index contributed by atoms with van der Waals surface area (Å²) in [5.74, 6) is 1.71. The van der Waals surface area contributed by atoms with Crippen molar-refractivity contribution in [3.63, 3.8) is 0 Å². The molecule has 0 fully saturated rings. The van der Waals surface area contributed by atoms with E-state index in [-0.39, 0.29) is 36.9 Å². The predicted molar refractivity (Wildman–Crippen MR) is 154 cm³/mol. The molecule has 0 saturated carbocycles. The monoisotopic (exact) mass is 548 g/mol. The van der Waals surface area contributed by atoms with Crippen LogP contribution in [0.15, 0.2) is 58.5 Å². The van der Waals surface area contributed by atoms with Crippen LogP contribution in [0.2, 0.25) is 0 Å². The Bertz CT molecular complexity index is 1020. The SMILES string of the molecule is Cl.Cl.O=C(NCCCNC(=O)Nc1cccc(C2=NCCCN2)c1)Nc1cccc(C2=NCCCN2)c1. The van der Waals surface area contributed by atoms with E-state index in [4.69, 9.17) is 0 Å². The molecule has 0 aromatic heterocycles. The molecule has 2 heterocycles. The minimum atomic E-state index is -0.291. The maximum absolute atomic E-state index is 12.2. The van der Waals surface area contributed by atoms with Gasteiger partial charge in [0.15, 0.2) is 0 Å². The molecular weight excluding hydrogens is 515 g/mol. The lowest BCUT2D eigenvalue weighted by Gasteiger charge is -2.16. The third kappa shape index (κ3) is 9.47. The second-order valence-corrected chi connectivity index (χ2v) is 8.30. The number of carbonyl (C=O) groups excluding carboxylic acids is 2. The van der Waals surface area contributed by atoms with Gasteiger partial charge in [-0.25, -0.2) is 9.59 Å². The third-order valence-electron chi connectivity index (χ3n) is 5.51. The fourth-order valence-electron chi connectivity index (χ4n) is 3.78. The molecule has 0 spiro atoms. The first-order chi connectivity index (χ1) is 17.2. The Morgan fingerprint density at radius 3 is 1.59 bits per heavy atom. The molecule has 200 valence electrons. The molecule has 2 aliphatic heterocycles. The van der Waals surface area contributed by atoms with Crippen LogP contribution in [0.3, 0.4) is 0 Å². The maximum Gasteiger partial charge on any atom is 0.319 e. The van der Waals surface area contributed by atoms with E-state index < -0.39 is 0 Å². The topological polar surface area (TPSA) is 131 Å². The zero-order valence-electron chi connectivity index (χ0n) is 20.5. The molecule has 0 unspecified atom stereocenters. The number of amides is 4. The molecule has 0 atom stereocenters. The van der Waals surface area contributed by atoms with E-state index in [2.05, 4.69) is 41.9 Å². The smallest absolute Gasteiger partial charge is 0.319 e. The Kier molecular flexibility index (Phi) is 12.5. The fraction of sp³-hybridized carbons (Fsp3) is 0.360. The van der Waals surface area contributed by atoms with Gasteiger partial charge in [0.1, 0.15) is 11.7 Å². The van der Waals surface area contributed by atoms with E-state index in [1.165, 1.54) is 0 Å². The first-order valence-electron chi connectivity index (χ1n) is 12.0. The highest BCUT2D eigenvalue weighted by Crippen LogP contribution is 2.13. The molecular formula is C25H34Cl2N8O2. The lowest BCUT2D eigenvalue weighted by molar-refractivity contribution is 0.251. The predicted octanol–water partition coefficient (Wildman–Crippen LogP) is 3.34. The van der Waals surface area contributed by atoms with Crippen LogP contribution in [-0.4, -0.2) is 63.0 Å². The molecule has 0 aliphatic carbocycles. The number of rotatable bonds is 8. The number of carbonyl (C=O) groups is 2. The molecule has 0 bridgehead atoms. The normalized spacial score (nSPS) is 14.2. The summed E-state index contributed by atoms with van der Waals surface area (Å²) in [5, 5.41) is 17.9. The van der Waals surface area contributed by atoms with E-state index in [9.17, 15) is 9.59 Å². The van der Waals surface area contributed by atoms with Crippen LogP contribution in [-0.2, 0) is 0 Å². The van der Waals surface area contributed by atoms with E-state index >= 15 is 0 Å². The summed E-state index contributed by atoms with van der Waals surface area (Å²) in [7, 11) is 0. The summed E-state index contributed by atoms with van der Waals surface area (Å²) in [4.78, 5) is 33.4. The van der Waals surface area contributed by atoms with Gasteiger partial charge in [-0.1, -0.05) is 24.3 Å². The van der Waals surface area contributed by atoms with E-state index in [1.54, 1.807) is 0 Å². The van der Waals surface area contributed by atoms with Crippen LogP contribution in [0.5, 0.6) is 0 Å². The molecule has 2 aromatic rings. The molecule has 4 amide bonds. The summed E-state index contributed by atoms with van der Waals surface area (Å²) in [6.07, 6.45) is 2.66. The van der Waals surface area contributed by atoms with E-state index in [1.807, 2.05) is 48.5 Å². The van der Waals surface area contributed by atoms with Crippen LogP contribution < -0.4 is 31.9 Å². The van der Waals surface area contributed by atoms with Crippen LogP contribution in [0.1, 0.15) is 30.4 Å². The van der Waals surface area contributed by atoms with Crippen molar-refractivity contribution in [2.24, 2.45) is 9.98 Å². The van der Waals surface area contributed by atoms with Gasteiger partial charge in [-0.2, -0.15) is 0 Å². The minimum Gasteiger partial charge on any atom is -0.370 e. The molecule has 37 heavy (non-hydrogen) atoms. The first-order valence-corrected chi connectivity index (χ1v) is 12.0. The minimum absolute atomic E-state index is 0. The van der Waals surface area contributed by atoms with Gasteiger partial charge in [0.25, 0.3) is 0 Å². The van der Waals surface area contributed by atoms with Crippen molar-refractivity contribution in [1.29, 1.82) is 0 Å². The summed E-state index contributed by atoms with van der Waals surface area (Å²) < 4.78 is 0. The summed E-state index contributed by atoms with van der Waals surface area (Å²) in [5.41, 5.74) is 3.30. The van der Waals surface area contributed by atoms with Crippen molar-refractivity contribution in [2.45, 2.75) is 19.3 Å². The van der Waals surface area contributed by atoms with Crippen LogP contribution >= 0.6 is 24.8 Å². The van der Waals surface area contributed by atoms with Crippen molar-refractivity contribution in [3.8, 4) is 0 Å². The maximum atomic E-state index is 12.2. The standard InChI is InChI=1S/C25H32N8O2.2ClH/c34-24(32-20-8-1-6-18(16-20)22-26-10-3-11-27-22)30-14-5-15-31-25(35)33-21-9-2-7-19(17-21)23-28-12-4-13-29-23;;/h1-2,6-9,16-17H,3-5,10-15H2,(H,26,27)(H,28,29)(H2,30,32,34)(H2,31,33,35);2*1H. The second-order valence-electron chi connectivity index (χ2n) is 8.30. The van der Waals surface area contributed by atoms with Crippen LogP contribution in [0.25, 0.3) is 0 Å².